The third-order valence-corrected chi connectivity index (χ3v) is 5.17. The van der Waals surface area contributed by atoms with Crippen molar-refractivity contribution < 1.29 is 14.3 Å². The maximum atomic E-state index is 12.2. The van der Waals surface area contributed by atoms with Crippen LogP contribution in [0.25, 0.3) is 6.08 Å². The lowest BCUT2D eigenvalue weighted by molar-refractivity contribution is -0.111. The van der Waals surface area contributed by atoms with Gasteiger partial charge in [0, 0.05) is 16.7 Å². The molecular formula is C23H18Cl3NO3. The van der Waals surface area contributed by atoms with Crippen molar-refractivity contribution >= 4 is 52.5 Å². The van der Waals surface area contributed by atoms with Gasteiger partial charge in [-0.15, -0.1) is 0 Å². The van der Waals surface area contributed by atoms with E-state index in [4.69, 9.17) is 44.3 Å². The van der Waals surface area contributed by atoms with Crippen LogP contribution in [-0.4, -0.2) is 13.0 Å². The quantitative estimate of drug-likeness (QED) is 0.389. The zero-order valence-electron chi connectivity index (χ0n) is 16.0. The van der Waals surface area contributed by atoms with E-state index in [1.807, 2.05) is 30.3 Å². The van der Waals surface area contributed by atoms with Gasteiger partial charge in [0.1, 0.15) is 6.61 Å². The van der Waals surface area contributed by atoms with Crippen LogP contribution in [0.2, 0.25) is 15.1 Å². The van der Waals surface area contributed by atoms with Crippen molar-refractivity contribution in [1.29, 1.82) is 0 Å². The van der Waals surface area contributed by atoms with Gasteiger partial charge in [0.2, 0.25) is 5.91 Å². The first-order chi connectivity index (χ1) is 14.5. The van der Waals surface area contributed by atoms with Gasteiger partial charge in [-0.3, -0.25) is 4.79 Å². The Morgan fingerprint density at radius 1 is 0.933 bits per heavy atom. The molecule has 0 saturated heterocycles. The summed E-state index contributed by atoms with van der Waals surface area (Å²) >= 11 is 18.3. The Hall–Kier alpha value is -2.66. The standard InChI is InChI=1S/C23H18Cl3NO3/c1-29-21-13-15(9-11-20(21)30-14-16-5-2-3-6-17(16)24)10-12-22(28)27-23-18(25)7-4-8-19(23)26/h2-13H,14H2,1H3,(H,27,28)/b12-10+. The number of amides is 1. The number of hydrogen-bond acceptors (Lipinski definition) is 3. The fraction of sp³-hybridized carbons (Fsp3) is 0.0870. The molecule has 1 amide bonds. The lowest BCUT2D eigenvalue weighted by Crippen LogP contribution is -2.08. The van der Waals surface area contributed by atoms with Crippen LogP contribution in [0, 0.1) is 0 Å². The van der Waals surface area contributed by atoms with Gasteiger partial charge in [0.25, 0.3) is 0 Å². The van der Waals surface area contributed by atoms with Crippen molar-refractivity contribution in [3.63, 3.8) is 0 Å². The molecule has 30 heavy (non-hydrogen) atoms. The van der Waals surface area contributed by atoms with Crippen molar-refractivity contribution in [2.45, 2.75) is 6.61 Å². The van der Waals surface area contributed by atoms with E-state index < -0.39 is 0 Å². The van der Waals surface area contributed by atoms with Gasteiger partial charge >= 0.3 is 0 Å². The van der Waals surface area contributed by atoms with Crippen LogP contribution in [0.15, 0.2) is 66.7 Å². The number of carbonyl (C=O) groups excluding carboxylic acids is 1. The average molecular weight is 463 g/mol. The first-order valence-corrected chi connectivity index (χ1v) is 10.1. The van der Waals surface area contributed by atoms with Crippen LogP contribution in [0.1, 0.15) is 11.1 Å². The number of hydrogen-bond donors (Lipinski definition) is 1. The van der Waals surface area contributed by atoms with Crippen LogP contribution >= 0.6 is 34.8 Å². The summed E-state index contributed by atoms with van der Waals surface area (Å²) in [5.41, 5.74) is 2.01. The summed E-state index contributed by atoms with van der Waals surface area (Å²) in [5.74, 6) is 0.753. The number of rotatable bonds is 7. The number of methoxy groups -OCH3 is 1. The Kier molecular flexibility index (Phi) is 7.63. The van der Waals surface area contributed by atoms with E-state index in [9.17, 15) is 4.79 Å². The molecule has 0 aliphatic carbocycles. The molecule has 154 valence electrons. The Balaban J connectivity index is 1.68. The summed E-state index contributed by atoms with van der Waals surface area (Å²) in [6.45, 7) is 0.312. The summed E-state index contributed by atoms with van der Waals surface area (Å²) in [5, 5.41) is 4.05. The monoisotopic (exact) mass is 461 g/mol. The van der Waals surface area contributed by atoms with Crippen LogP contribution in [0.4, 0.5) is 5.69 Å². The van der Waals surface area contributed by atoms with Crippen LogP contribution in [0.3, 0.4) is 0 Å². The molecule has 0 atom stereocenters. The zero-order chi connectivity index (χ0) is 21.5. The third kappa shape index (κ3) is 5.70. The number of carbonyl (C=O) groups is 1. The molecule has 0 heterocycles. The Labute approximate surface area is 190 Å². The summed E-state index contributed by atoms with van der Waals surface area (Å²) in [4.78, 5) is 12.2. The van der Waals surface area contributed by atoms with E-state index >= 15 is 0 Å². The normalized spacial score (nSPS) is 10.8. The number of halogens is 3. The Morgan fingerprint density at radius 2 is 1.63 bits per heavy atom. The largest absolute Gasteiger partial charge is 0.493 e. The molecular weight excluding hydrogens is 445 g/mol. The van der Waals surface area contributed by atoms with Crippen molar-refractivity contribution in [2.24, 2.45) is 0 Å². The van der Waals surface area contributed by atoms with Gasteiger partial charge < -0.3 is 14.8 Å². The first kappa shape index (κ1) is 22.0. The molecule has 0 unspecified atom stereocenters. The van der Waals surface area contributed by atoms with Crippen molar-refractivity contribution in [3.05, 3.63) is 92.9 Å². The van der Waals surface area contributed by atoms with Crippen molar-refractivity contribution in [3.8, 4) is 11.5 Å². The van der Waals surface area contributed by atoms with Crippen molar-refractivity contribution in [1.82, 2.24) is 0 Å². The molecule has 7 heteroatoms. The molecule has 0 bridgehead atoms. The second kappa shape index (κ2) is 10.4. The van der Waals surface area contributed by atoms with E-state index in [2.05, 4.69) is 5.32 Å². The number of anilines is 1. The zero-order valence-corrected chi connectivity index (χ0v) is 18.3. The molecule has 0 radical (unpaired) electrons. The third-order valence-electron chi connectivity index (χ3n) is 4.17. The number of ether oxygens (including phenoxy) is 2. The predicted octanol–water partition coefficient (Wildman–Crippen LogP) is 6.89. The lowest BCUT2D eigenvalue weighted by Gasteiger charge is -2.12. The fourth-order valence-corrected chi connectivity index (χ4v) is 3.31. The van der Waals surface area contributed by atoms with Crippen LogP contribution in [-0.2, 0) is 11.4 Å². The minimum absolute atomic E-state index is 0.312. The molecule has 0 aromatic heterocycles. The number of nitrogens with one attached hydrogen (secondary N) is 1. The van der Waals surface area contributed by atoms with E-state index in [-0.39, 0.29) is 5.91 Å². The molecule has 3 aromatic carbocycles. The predicted molar refractivity (Wildman–Crippen MR) is 123 cm³/mol. The summed E-state index contributed by atoms with van der Waals surface area (Å²) in [6, 6.07) is 17.8. The summed E-state index contributed by atoms with van der Waals surface area (Å²) in [6.07, 6.45) is 3.04. The Bertz CT molecular complexity index is 1060. The molecule has 3 aromatic rings. The van der Waals surface area contributed by atoms with Crippen LogP contribution < -0.4 is 14.8 Å². The first-order valence-electron chi connectivity index (χ1n) is 8.95. The van der Waals surface area contributed by atoms with E-state index in [1.54, 1.807) is 43.5 Å². The average Bonchev–Trinajstić information content (AvgIpc) is 2.74. The minimum atomic E-state index is -0.358. The number of para-hydroxylation sites is 1. The summed E-state index contributed by atoms with van der Waals surface area (Å²) in [7, 11) is 1.55. The molecule has 1 N–H and O–H groups in total. The maximum absolute atomic E-state index is 12.2. The molecule has 0 saturated carbocycles. The van der Waals surface area contributed by atoms with Crippen LogP contribution in [0.5, 0.6) is 11.5 Å². The van der Waals surface area contributed by atoms with Gasteiger partial charge in [-0.05, 0) is 42.0 Å². The van der Waals surface area contributed by atoms with E-state index in [0.717, 1.165) is 11.1 Å². The highest BCUT2D eigenvalue weighted by molar-refractivity contribution is 6.39. The van der Waals surface area contributed by atoms with Gasteiger partial charge in [-0.2, -0.15) is 0 Å². The van der Waals surface area contributed by atoms with Gasteiger partial charge in [-0.25, -0.2) is 0 Å². The molecule has 0 aliphatic heterocycles. The fourth-order valence-electron chi connectivity index (χ4n) is 2.63. The molecule has 0 fully saturated rings. The highest BCUT2D eigenvalue weighted by Crippen LogP contribution is 2.31. The highest BCUT2D eigenvalue weighted by atomic mass is 35.5. The SMILES string of the molecule is COc1cc(/C=C/C(=O)Nc2c(Cl)cccc2Cl)ccc1OCc1ccccc1Cl. The topological polar surface area (TPSA) is 47.6 Å². The van der Waals surface area contributed by atoms with E-state index in [0.29, 0.717) is 38.9 Å². The molecule has 3 rings (SSSR count). The Morgan fingerprint density at radius 3 is 2.33 bits per heavy atom. The maximum Gasteiger partial charge on any atom is 0.248 e. The summed E-state index contributed by atoms with van der Waals surface area (Å²) < 4.78 is 11.2. The van der Waals surface area contributed by atoms with Crippen molar-refractivity contribution in [2.75, 3.05) is 12.4 Å². The van der Waals surface area contributed by atoms with Gasteiger partial charge in [-0.1, -0.05) is 65.1 Å². The lowest BCUT2D eigenvalue weighted by atomic mass is 10.2. The molecule has 4 nitrogen and oxygen atoms in total. The van der Waals surface area contributed by atoms with Gasteiger partial charge in [0.05, 0.1) is 22.8 Å². The second-order valence-corrected chi connectivity index (χ2v) is 7.43. The highest BCUT2D eigenvalue weighted by Gasteiger charge is 2.09. The minimum Gasteiger partial charge on any atom is -0.493 e. The smallest absolute Gasteiger partial charge is 0.248 e. The van der Waals surface area contributed by atoms with E-state index in [1.165, 1.54) is 6.08 Å². The molecule has 0 aliphatic rings. The molecule has 0 spiro atoms. The second-order valence-electron chi connectivity index (χ2n) is 6.21. The van der Waals surface area contributed by atoms with Gasteiger partial charge in [0.15, 0.2) is 11.5 Å². The number of benzene rings is 3.